The van der Waals surface area contributed by atoms with E-state index in [9.17, 15) is 18.3 Å². The van der Waals surface area contributed by atoms with Crippen LogP contribution in [0, 0.1) is 0 Å². The molecule has 0 aliphatic heterocycles. The largest absolute Gasteiger partial charge is 0.478 e. The minimum absolute atomic E-state index is 0.127. The van der Waals surface area contributed by atoms with E-state index in [-0.39, 0.29) is 10.5 Å². The molecule has 0 bridgehead atoms. The number of anilines is 1. The number of sulfonamides is 1. The Hall–Kier alpha value is -2.38. The number of nitrogens with one attached hydrogen (secondary N) is 1. The van der Waals surface area contributed by atoms with Crippen molar-refractivity contribution in [1.29, 1.82) is 0 Å². The van der Waals surface area contributed by atoms with Crippen molar-refractivity contribution in [3.8, 4) is 11.1 Å². The standard InChI is InChI=1S/C17H20N2O4S/c1-2-3-9-19-14-10-13(17(20)21)11-15(24(18,22)23)16(14)12-7-5-4-6-8-12/h4-8,10-11,19H,2-3,9H2,1H3,(H,20,21)(H2,18,22,23). The highest BCUT2D eigenvalue weighted by Gasteiger charge is 2.22. The molecule has 6 nitrogen and oxygen atoms in total. The molecule has 2 aromatic carbocycles. The number of unbranched alkanes of at least 4 members (excludes halogenated alkanes) is 1. The number of hydrogen-bond acceptors (Lipinski definition) is 4. The van der Waals surface area contributed by atoms with Gasteiger partial charge in [-0.25, -0.2) is 18.4 Å². The lowest BCUT2D eigenvalue weighted by Gasteiger charge is -2.17. The van der Waals surface area contributed by atoms with Crippen molar-refractivity contribution in [1.82, 2.24) is 0 Å². The zero-order valence-corrected chi connectivity index (χ0v) is 14.1. The molecule has 24 heavy (non-hydrogen) atoms. The van der Waals surface area contributed by atoms with E-state index in [2.05, 4.69) is 5.32 Å². The SMILES string of the molecule is CCCCNc1cc(C(=O)O)cc(S(N)(=O)=O)c1-c1ccccc1. The first-order valence-corrected chi connectivity index (χ1v) is 9.12. The van der Waals surface area contributed by atoms with Crippen molar-refractivity contribution in [2.45, 2.75) is 24.7 Å². The lowest BCUT2D eigenvalue weighted by molar-refractivity contribution is 0.0696. The topological polar surface area (TPSA) is 109 Å². The molecule has 0 spiro atoms. The number of hydrogen-bond donors (Lipinski definition) is 3. The zero-order valence-electron chi connectivity index (χ0n) is 13.3. The van der Waals surface area contributed by atoms with E-state index in [4.69, 9.17) is 5.14 Å². The fraction of sp³-hybridized carbons (Fsp3) is 0.235. The molecule has 128 valence electrons. The van der Waals surface area contributed by atoms with Crippen molar-refractivity contribution >= 4 is 21.7 Å². The average molecular weight is 348 g/mol. The predicted octanol–water partition coefficient (Wildman–Crippen LogP) is 2.91. The van der Waals surface area contributed by atoms with E-state index in [0.717, 1.165) is 18.9 Å². The van der Waals surface area contributed by atoms with Crippen molar-refractivity contribution < 1.29 is 18.3 Å². The number of aromatic carboxylic acids is 1. The molecule has 0 unspecified atom stereocenters. The highest BCUT2D eigenvalue weighted by atomic mass is 32.2. The maximum atomic E-state index is 12.0. The zero-order chi connectivity index (χ0) is 17.7. The molecule has 7 heteroatoms. The number of carboxylic acids is 1. The van der Waals surface area contributed by atoms with E-state index in [0.29, 0.717) is 23.4 Å². The van der Waals surface area contributed by atoms with Crippen LogP contribution in [-0.4, -0.2) is 26.0 Å². The Labute approximate surface area is 141 Å². The molecule has 0 amide bonds. The van der Waals surface area contributed by atoms with Gasteiger partial charge in [-0.3, -0.25) is 0 Å². The van der Waals surface area contributed by atoms with Gasteiger partial charge in [0.25, 0.3) is 0 Å². The first-order valence-electron chi connectivity index (χ1n) is 7.58. The Morgan fingerprint density at radius 3 is 2.42 bits per heavy atom. The maximum absolute atomic E-state index is 12.0. The summed E-state index contributed by atoms with van der Waals surface area (Å²) in [5, 5.41) is 17.7. The number of carboxylic acid groups (broad SMARTS) is 1. The van der Waals surface area contributed by atoms with Crippen LogP contribution in [0.4, 0.5) is 5.69 Å². The highest BCUT2D eigenvalue weighted by Crippen LogP contribution is 2.35. The molecule has 0 saturated heterocycles. The monoisotopic (exact) mass is 348 g/mol. The predicted molar refractivity (Wildman–Crippen MR) is 93.6 cm³/mol. The Kier molecular flexibility index (Phi) is 5.58. The number of benzene rings is 2. The molecular formula is C17H20N2O4S. The quantitative estimate of drug-likeness (QED) is 0.667. The van der Waals surface area contributed by atoms with Gasteiger partial charge in [-0.05, 0) is 24.1 Å². The van der Waals surface area contributed by atoms with Crippen LogP contribution >= 0.6 is 0 Å². The minimum atomic E-state index is -4.09. The Balaban J connectivity index is 2.73. The average Bonchev–Trinajstić information content (AvgIpc) is 2.54. The summed E-state index contributed by atoms with van der Waals surface area (Å²) in [5.74, 6) is -1.21. The first-order chi connectivity index (χ1) is 11.3. The molecule has 0 aliphatic carbocycles. The normalized spacial score (nSPS) is 11.2. The Morgan fingerprint density at radius 2 is 1.88 bits per heavy atom. The summed E-state index contributed by atoms with van der Waals surface area (Å²) in [4.78, 5) is 11.1. The Bertz CT molecular complexity index is 833. The van der Waals surface area contributed by atoms with E-state index >= 15 is 0 Å². The molecule has 4 N–H and O–H groups in total. The van der Waals surface area contributed by atoms with Gasteiger partial charge in [0.05, 0.1) is 10.5 Å². The van der Waals surface area contributed by atoms with Crippen LogP contribution < -0.4 is 10.5 Å². The summed E-state index contributed by atoms with van der Waals surface area (Å²) in [6, 6.07) is 11.4. The smallest absolute Gasteiger partial charge is 0.335 e. The van der Waals surface area contributed by atoms with Crippen LogP contribution in [0.3, 0.4) is 0 Å². The molecule has 0 radical (unpaired) electrons. The van der Waals surface area contributed by atoms with Gasteiger partial charge in [-0.1, -0.05) is 43.7 Å². The summed E-state index contributed by atoms with van der Waals surface area (Å²) in [6.07, 6.45) is 1.82. The Morgan fingerprint density at radius 1 is 1.21 bits per heavy atom. The fourth-order valence-electron chi connectivity index (χ4n) is 2.41. The van der Waals surface area contributed by atoms with Gasteiger partial charge in [0.1, 0.15) is 0 Å². The number of carbonyl (C=O) groups is 1. The second kappa shape index (κ2) is 7.46. The molecule has 0 fully saturated rings. The minimum Gasteiger partial charge on any atom is -0.478 e. The van der Waals surface area contributed by atoms with Gasteiger partial charge in [0, 0.05) is 17.8 Å². The van der Waals surface area contributed by atoms with Gasteiger partial charge in [0.15, 0.2) is 0 Å². The summed E-state index contributed by atoms with van der Waals surface area (Å²) >= 11 is 0. The van der Waals surface area contributed by atoms with E-state index in [1.165, 1.54) is 6.07 Å². The molecule has 0 heterocycles. The van der Waals surface area contributed by atoms with Gasteiger partial charge >= 0.3 is 5.97 Å². The summed E-state index contributed by atoms with van der Waals surface area (Å²) in [6.45, 7) is 2.63. The fourth-order valence-corrected chi connectivity index (χ4v) is 3.21. The third kappa shape index (κ3) is 4.12. The maximum Gasteiger partial charge on any atom is 0.335 e. The van der Waals surface area contributed by atoms with Crippen LogP contribution in [0.15, 0.2) is 47.4 Å². The number of nitrogens with two attached hydrogens (primary N) is 1. The molecule has 0 saturated carbocycles. The van der Waals surface area contributed by atoms with Crippen LogP contribution in [0.25, 0.3) is 11.1 Å². The molecule has 0 aromatic heterocycles. The van der Waals surface area contributed by atoms with Crippen LogP contribution in [0.2, 0.25) is 0 Å². The lowest BCUT2D eigenvalue weighted by atomic mass is 10.0. The lowest BCUT2D eigenvalue weighted by Crippen LogP contribution is -2.16. The third-order valence-corrected chi connectivity index (χ3v) is 4.50. The van der Waals surface area contributed by atoms with Crippen molar-refractivity contribution in [3.05, 3.63) is 48.0 Å². The van der Waals surface area contributed by atoms with E-state index < -0.39 is 16.0 Å². The number of primary sulfonamides is 1. The van der Waals surface area contributed by atoms with Crippen molar-refractivity contribution in [2.75, 3.05) is 11.9 Å². The molecule has 2 aromatic rings. The third-order valence-electron chi connectivity index (χ3n) is 3.56. The van der Waals surface area contributed by atoms with Gasteiger partial charge in [-0.15, -0.1) is 0 Å². The molecule has 0 aliphatic rings. The number of rotatable bonds is 7. The van der Waals surface area contributed by atoms with Crippen molar-refractivity contribution in [2.24, 2.45) is 5.14 Å². The molecular weight excluding hydrogens is 328 g/mol. The molecule has 2 rings (SSSR count). The summed E-state index contributed by atoms with van der Waals surface area (Å²) < 4.78 is 24.1. The van der Waals surface area contributed by atoms with Gasteiger partial charge in [-0.2, -0.15) is 0 Å². The van der Waals surface area contributed by atoms with E-state index in [1.807, 2.05) is 13.0 Å². The van der Waals surface area contributed by atoms with Crippen LogP contribution in [0.5, 0.6) is 0 Å². The summed E-state index contributed by atoms with van der Waals surface area (Å²) in [5.41, 5.74) is 1.35. The van der Waals surface area contributed by atoms with Crippen LogP contribution in [-0.2, 0) is 10.0 Å². The highest BCUT2D eigenvalue weighted by molar-refractivity contribution is 7.89. The second-order valence-corrected chi connectivity index (χ2v) is 6.92. The van der Waals surface area contributed by atoms with Crippen LogP contribution in [0.1, 0.15) is 30.1 Å². The van der Waals surface area contributed by atoms with Gasteiger partial charge < -0.3 is 10.4 Å². The van der Waals surface area contributed by atoms with Gasteiger partial charge in [0.2, 0.25) is 10.0 Å². The van der Waals surface area contributed by atoms with E-state index in [1.54, 1.807) is 24.3 Å². The second-order valence-electron chi connectivity index (χ2n) is 5.39. The molecule has 0 atom stereocenters. The van der Waals surface area contributed by atoms with Crippen molar-refractivity contribution in [3.63, 3.8) is 0 Å². The summed E-state index contributed by atoms with van der Waals surface area (Å²) in [7, 11) is -4.09. The first kappa shape index (κ1) is 18.0.